The van der Waals surface area contributed by atoms with E-state index in [9.17, 15) is 8.42 Å². The van der Waals surface area contributed by atoms with Crippen molar-refractivity contribution in [2.75, 3.05) is 19.9 Å². The van der Waals surface area contributed by atoms with Crippen LogP contribution in [0.2, 0.25) is 10.0 Å². The van der Waals surface area contributed by atoms with Crippen LogP contribution in [0.3, 0.4) is 0 Å². The Morgan fingerprint density at radius 2 is 1.83 bits per heavy atom. The third-order valence-corrected chi connectivity index (χ3v) is 5.41. The van der Waals surface area contributed by atoms with Crippen LogP contribution >= 0.6 is 23.2 Å². The minimum Gasteiger partial charge on any atom is -0.492 e. The molecule has 0 amide bonds. The summed E-state index contributed by atoms with van der Waals surface area (Å²) in [6.07, 6.45) is 0. The zero-order chi connectivity index (χ0) is 17.2. The molecule has 1 N–H and O–H groups in total. The molecule has 24 heavy (non-hydrogen) atoms. The van der Waals surface area contributed by atoms with Gasteiger partial charge in [0.25, 0.3) is 0 Å². The molecule has 1 heterocycles. The largest absolute Gasteiger partial charge is 0.492 e. The van der Waals surface area contributed by atoms with E-state index in [1.54, 1.807) is 18.2 Å². The van der Waals surface area contributed by atoms with Gasteiger partial charge >= 0.3 is 0 Å². The van der Waals surface area contributed by atoms with Gasteiger partial charge in [-0.25, -0.2) is 13.1 Å². The van der Waals surface area contributed by atoms with Gasteiger partial charge in [0.15, 0.2) is 11.5 Å². The molecule has 0 radical (unpaired) electrons. The molecule has 1 aliphatic heterocycles. The van der Waals surface area contributed by atoms with Crippen LogP contribution in [0, 0.1) is 0 Å². The number of benzene rings is 2. The van der Waals surface area contributed by atoms with Gasteiger partial charge in [0, 0.05) is 12.6 Å². The number of halogens is 2. The average molecular weight is 390 g/mol. The molecule has 9 heteroatoms. The fourth-order valence-corrected chi connectivity index (χ4v) is 3.44. The van der Waals surface area contributed by atoms with Crippen LogP contribution in [-0.2, 0) is 10.0 Å². The number of nitrogens with one attached hydrogen (secondary N) is 1. The van der Waals surface area contributed by atoms with Gasteiger partial charge in [-0.2, -0.15) is 0 Å². The first-order valence-corrected chi connectivity index (χ1v) is 9.17. The van der Waals surface area contributed by atoms with Crippen molar-refractivity contribution in [3.8, 4) is 17.2 Å². The number of hydrogen-bond acceptors (Lipinski definition) is 5. The van der Waals surface area contributed by atoms with E-state index >= 15 is 0 Å². The van der Waals surface area contributed by atoms with Gasteiger partial charge in [-0.15, -0.1) is 0 Å². The van der Waals surface area contributed by atoms with Gasteiger partial charge in [0.05, 0.1) is 14.9 Å². The fraction of sp³-hybridized carbons (Fsp3) is 0.200. The van der Waals surface area contributed by atoms with Crippen molar-refractivity contribution in [1.29, 1.82) is 0 Å². The molecule has 0 bridgehead atoms. The SMILES string of the molecule is O=S(=O)(NCCOc1ccc2c(c1)OCO2)c1ccc(Cl)c(Cl)c1. The van der Waals surface area contributed by atoms with Crippen LogP contribution in [0.25, 0.3) is 0 Å². The van der Waals surface area contributed by atoms with Crippen LogP contribution in [0.1, 0.15) is 0 Å². The van der Waals surface area contributed by atoms with Gasteiger partial charge in [0.1, 0.15) is 12.4 Å². The maximum atomic E-state index is 12.2. The lowest BCUT2D eigenvalue weighted by Crippen LogP contribution is -2.28. The molecule has 0 fully saturated rings. The lowest BCUT2D eigenvalue weighted by molar-refractivity contribution is 0.173. The summed E-state index contributed by atoms with van der Waals surface area (Å²) >= 11 is 11.6. The Kier molecular flexibility index (Phi) is 5.05. The van der Waals surface area contributed by atoms with E-state index in [1.165, 1.54) is 18.2 Å². The molecular formula is C15H13Cl2NO5S. The minimum absolute atomic E-state index is 0.0416. The first-order valence-electron chi connectivity index (χ1n) is 6.93. The summed E-state index contributed by atoms with van der Waals surface area (Å²) in [4.78, 5) is 0.0416. The second-order valence-corrected chi connectivity index (χ2v) is 7.42. The quantitative estimate of drug-likeness (QED) is 0.768. The summed E-state index contributed by atoms with van der Waals surface area (Å²) in [5.41, 5.74) is 0. The number of ether oxygens (including phenoxy) is 3. The molecular weight excluding hydrogens is 377 g/mol. The Hall–Kier alpha value is -1.67. The van der Waals surface area contributed by atoms with Crippen molar-refractivity contribution in [2.45, 2.75) is 4.90 Å². The highest BCUT2D eigenvalue weighted by molar-refractivity contribution is 7.89. The summed E-state index contributed by atoms with van der Waals surface area (Å²) in [5.74, 6) is 1.82. The van der Waals surface area contributed by atoms with Crippen molar-refractivity contribution >= 4 is 33.2 Å². The minimum atomic E-state index is -3.68. The summed E-state index contributed by atoms with van der Waals surface area (Å²) in [5, 5.41) is 0.470. The molecule has 0 atom stereocenters. The summed E-state index contributed by atoms with van der Waals surface area (Å²) in [7, 11) is -3.68. The fourth-order valence-electron chi connectivity index (χ4n) is 2.04. The molecule has 3 rings (SSSR count). The molecule has 0 unspecified atom stereocenters. The topological polar surface area (TPSA) is 73.9 Å². The normalized spacial score (nSPS) is 13.1. The van der Waals surface area contributed by atoms with Crippen LogP contribution in [0.4, 0.5) is 0 Å². The van der Waals surface area contributed by atoms with E-state index in [4.69, 9.17) is 37.4 Å². The number of rotatable bonds is 6. The van der Waals surface area contributed by atoms with E-state index < -0.39 is 10.0 Å². The summed E-state index contributed by atoms with van der Waals surface area (Å²) in [6.45, 7) is 0.430. The summed E-state index contributed by atoms with van der Waals surface area (Å²) < 4.78 is 42.7. The number of hydrogen-bond donors (Lipinski definition) is 1. The molecule has 1 aliphatic rings. The zero-order valence-electron chi connectivity index (χ0n) is 12.3. The first kappa shape index (κ1) is 17.2. The van der Waals surface area contributed by atoms with E-state index in [0.717, 1.165) is 0 Å². The standard InChI is InChI=1S/C15H13Cl2NO5S/c16-12-3-2-11(8-13(12)17)24(19,20)18-5-6-21-10-1-4-14-15(7-10)23-9-22-14/h1-4,7-8,18H,5-6,9H2. The zero-order valence-corrected chi connectivity index (χ0v) is 14.6. The average Bonchev–Trinajstić information content (AvgIpc) is 3.02. The molecule has 0 spiro atoms. The highest BCUT2D eigenvalue weighted by Gasteiger charge is 2.16. The van der Waals surface area contributed by atoms with Crippen molar-refractivity contribution in [2.24, 2.45) is 0 Å². The third kappa shape index (κ3) is 3.87. The Labute approximate surface area is 149 Å². The maximum Gasteiger partial charge on any atom is 0.240 e. The first-order chi connectivity index (χ1) is 11.5. The van der Waals surface area contributed by atoms with Gasteiger partial charge < -0.3 is 14.2 Å². The monoisotopic (exact) mass is 389 g/mol. The van der Waals surface area contributed by atoms with E-state index in [2.05, 4.69) is 4.72 Å². The van der Waals surface area contributed by atoms with Gasteiger partial charge in [-0.3, -0.25) is 0 Å². The Balaban J connectivity index is 1.54. The van der Waals surface area contributed by atoms with Crippen molar-refractivity contribution < 1.29 is 22.6 Å². The second-order valence-electron chi connectivity index (χ2n) is 4.84. The van der Waals surface area contributed by atoms with Crippen LogP contribution in [-0.4, -0.2) is 28.4 Å². The predicted molar refractivity (Wildman–Crippen MR) is 89.7 cm³/mol. The highest BCUT2D eigenvalue weighted by atomic mass is 35.5. The Morgan fingerprint density at radius 3 is 2.62 bits per heavy atom. The molecule has 0 aliphatic carbocycles. The van der Waals surface area contributed by atoms with Gasteiger partial charge in [0.2, 0.25) is 16.8 Å². The number of fused-ring (bicyclic) bond motifs is 1. The van der Waals surface area contributed by atoms with Crippen molar-refractivity contribution in [3.63, 3.8) is 0 Å². The van der Waals surface area contributed by atoms with Crippen LogP contribution < -0.4 is 18.9 Å². The van der Waals surface area contributed by atoms with Crippen molar-refractivity contribution in [1.82, 2.24) is 4.72 Å². The van der Waals surface area contributed by atoms with E-state index in [1.807, 2.05) is 0 Å². The molecule has 2 aromatic rings. The lowest BCUT2D eigenvalue weighted by atomic mass is 10.3. The van der Waals surface area contributed by atoms with Crippen molar-refractivity contribution in [3.05, 3.63) is 46.4 Å². The van der Waals surface area contributed by atoms with E-state index in [0.29, 0.717) is 22.3 Å². The van der Waals surface area contributed by atoms with Gasteiger partial charge in [-0.1, -0.05) is 23.2 Å². The smallest absolute Gasteiger partial charge is 0.240 e. The summed E-state index contributed by atoms with van der Waals surface area (Å²) in [6, 6.07) is 9.26. The molecule has 6 nitrogen and oxygen atoms in total. The molecule has 2 aromatic carbocycles. The lowest BCUT2D eigenvalue weighted by Gasteiger charge is -2.09. The number of sulfonamides is 1. The maximum absolute atomic E-state index is 12.2. The molecule has 0 saturated carbocycles. The molecule has 128 valence electrons. The predicted octanol–water partition coefficient (Wildman–Crippen LogP) is 3.08. The Morgan fingerprint density at radius 1 is 1.04 bits per heavy atom. The highest BCUT2D eigenvalue weighted by Crippen LogP contribution is 2.35. The molecule has 0 aromatic heterocycles. The third-order valence-electron chi connectivity index (χ3n) is 3.21. The van der Waals surface area contributed by atoms with Crippen LogP contribution in [0.15, 0.2) is 41.3 Å². The van der Waals surface area contributed by atoms with Gasteiger partial charge in [-0.05, 0) is 30.3 Å². The second kappa shape index (κ2) is 7.06. The van der Waals surface area contributed by atoms with E-state index in [-0.39, 0.29) is 29.9 Å². The van der Waals surface area contributed by atoms with Crippen LogP contribution in [0.5, 0.6) is 17.2 Å². The molecule has 0 saturated heterocycles. The Bertz CT molecular complexity index is 857.